The molecule has 4 rings (SSSR count). The van der Waals surface area contributed by atoms with Gasteiger partial charge in [0.1, 0.15) is 12.3 Å². The van der Waals surface area contributed by atoms with Gasteiger partial charge in [-0.3, -0.25) is 14.5 Å². The maximum absolute atomic E-state index is 12.4. The molecular formula is C17H15NO4. The average molecular weight is 297 g/mol. The normalized spacial score (nSPS) is 31.7. The number of likely N-dealkylation sites (tertiary alicyclic amines) is 1. The number of imide groups is 1. The highest BCUT2D eigenvalue weighted by molar-refractivity contribution is 6.08. The first kappa shape index (κ1) is 13.2. The molecule has 5 nitrogen and oxygen atoms in total. The molecule has 1 aromatic rings. The molecule has 0 aromatic heterocycles. The molecule has 112 valence electrons. The number of esters is 1. The highest BCUT2D eigenvalue weighted by Gasteiger charge is 2.59. The van der Waals surface area contributed by atoms with Crippen molar-refractivity contribution in [2.75, 3.05) is 6.54 Å². The minimum absolute atomic E-state index is 0.154. The fourth-order valence-corrected chi connectivity index (χ4v) is 3.90. The number of hydrogen-bond donors (Lipinski definition) is 0. The van der Waals surface area contributed by atoms with E-state index in [2.05, 4.69) is 0 Å². The number of benzene rings is 1. The number of fused-ring (bicyclic) bond motifs is 5. The number of allylic oxidation sites excluding steroid dienone is 2. The van der Waals surface area contributed by atoms with Crippen molar-refractivity contribution in [2.24, 2.45) is 23.7 Å². The zero-order chi connectivity index (χ0) is 15.3. The second-order valence-corrected chi connectivity index (χ2v) is 6.05. The van der Waals surface area contributed by atoms with Gasteiger partial charge in [0.2, 0.25) is 11.8 Å². The lowest BCUT2D eigenvalue weighted by molar-refractivity contribution is -0.148. The molecule has 1 aromatic carbocycles. The lowest BCUT2D eigenvalue weighted by Crippen LogP contribution is -2.38. The van der Waals surface area contributed by atoms with Crippen molar-refractivity contribution < 1.29 is 19.1 Å². The summed E-state index contributed by atoms with van der Waals surface area (Å²) in [6.45, 7) is -0.307. The Morgan fingerprint density at radius 3 is 2.23 bits per heavy atom. The van der Waals surface area contributed by atoms with Gasteiger partial charge in [-0.1, -0.05) is 30.4 Å². The van der Waals surface area contributed by atoms with Gasteiger partial charge in [-0.15, -0.1) is 0 Å². The quantitative estimate of drug-likeness (QED) is 0.366. The fraction of sp³-hybridized carbons (Fsp3) is 0.353. The molecule has 2 fully saturated rings. The van der Waals surface area contributed by atoms with Crippen LogP contribution in [-0.2, 0) is 14.4 Å². The number of carbonyl (C=O) groups excluding carboxylic acids is 3. The number of ether oxygens (including phenoxy) is 1. The number of rotatable bonds is 3. The first-order chi connectivity index (χ1) is 10.6. The molecule has 0 radical (unpaired) electrons. The smallest absolute Gasteiger partial charge is 0.331 e. The third-order valence-electron chi connectivity index (χ3n) is 4.82. The van der Waals surface area contributed by atoms with Crippen LogP contribution < -0.4 is 4.74 Å². The highest BCUT2D eigenvalue weighted by atomic mass is 16.5. The molecule has 22 heavy (non-hydrogen) atoms. The van der Waals surface area contributed by atoms with E-state index in [4.69, 9.17) is 4.74 Å². The van der Waals surface area contributed by atoms with Crippen molar-refractivity contribution in [3.8, 4) is 5.75 Å². The topological polar surface area (TPSA) is 63.7 Å². The summed E-state index contributed by atoms with van der Waals surface area (Å²) in [7, 11) is 0. The molecule has 5 heteroatoms. The van der Waals surface area contributed by atoms with Crippen molar-refractivity contribution in [1.29, 1.82) is 0 Å². The molecule has 0 spiro atoms. The van der Waals surface area contributed by atoms with Gasteiger partial charge in [0, 0.05) is 0 Å². The Bertz CT molecular complexity index is 651. The summed E-state index contributed by atoms with van der Waals surface area (Å²) >= 11 is 0. The van der Waals surface area contributed by atoms with Crippen molar-refractivity contribution in [1.82, 2.24) is 4.90 Å². The summed E-state index contributed by atoms with van der Waals surface area (Å²) < 4.78 is 5.16. The molecule has 2 bridgehead atoms. The first-order valence-electron chi connectivity index (χ1n) is 7.44. The predicted octanol–water partition coefficient (Wildman–Crippen LogP) is 1.40. The summed E-state index contributed by atoms with van der Waals surface area (Å²) in [6, 6.07) is 8.63. The van der Waals surface area contributed by atoms with E-state index in [0.29, 0.717) is 5.75 Å². The van der Waals surface area contributed by atoms with Crippen molar-refractivity contribution in [3.05, 3.63) is 42.5 Å². The van der Waals surface area contributed by atoms with Gasteiger partial charge in [-0.2, -0.15) is 0 Å². The van der Waals surface area contributed by atoms with E-state index in [1.165, 1.54) is 0 Å². The highest BCUT2D eigenvalue weighted by Crippen LogP contribution is 2.52. The Labute approximate surface area is 127 Å². The lowest BCUT2D eigenvalue weighted by Gasteiger charge is -2.16. The number of amides is 2. The standard InChI is InChI=1S/C17H15NO4/c19-13(22-12-4-2-1-3-5-12)9-18-16(20)14-10-6-7-11(8-10)15(14)17(18)21/h1-7,10-11,14-15H,8-9H2. The Kier molecular flexibility index (Phi) is 2.89. The van der Waals surface area contributed by atoms with Crippen LogP contribution in [0.1, 0.15) is 6.42 Å². The maximum atomic E-state index is 12.4. The van der Waals surface area contributed by atoms with Gasteiger partial charge in [0.05, 0.1) is 11.8 Å². The lowest BCUT2D eigenvalue weighted by atomic mass is 9.85. The second-order valence-electron chi connectivity index (χ2n) is 6.05. The molecule has 1 aliphatic heterocycles. The Morgan fingerprint density at radius 1 is 1.05 bits per heavy atom. The Morgan fingerprint density at radius 2 is 1.64 bits per heavy atom. The van der Waals surface area contributed by atoms with Crippen LogP contribution in [0.2, 0.25) is 0 Å². The molecule has 1 saturated heterocycles. The average Bonchev–Trinajstić information content (AvgIpc) is 3.18. The van der Waals surface area contributed by atoms with Gasteiger partial charge in [-0.05, 0) is 30.4 Å². The van der Waals surface area contributed by atoms with Gasteiger partial charge in [0.25, 0.3) is 0 Å². The third-order valence-corrected chi connectivity index (χ3v) is 4.82. The minimum Gasteiger partial charge on any atom is -0.425 e. The van der Waals surface area contributed by atoms with Crippen LogP contribution >= 0.6 is 0 Å². The van der Waals surface area contributed by atoms with Crippen LogP contribution in [0.15, 0.2) is 42.5 Å². The largest absolute Gasteiger partial charge is 0.425 e. The fourth-order valence-electron chi connectivity index (χ4n) is 3.90. The van der Waals surface area contributed by atoms with Crippen LogP contribution in [-0.4, -0.2) is 29.2 Å². The summed E-state index contributed by atoms with van der Waals surface area (Å²) in [6.07, 6.45) is 4.95. The van der Waals surface area contributed by atoms with Crippen LogP contribution in [0.4, 0.5) is 0 Å². The Balaban J connectivity index is 1.47. The monoisotopic (exact) mass is 297 g/mol. The van der Waals surface area contributed by atoms with Crippen LogP contribution in [0.5, 0.6) is 5.75 Å². The number of para-hydroxylation sites is 1. The van der Waals surface area contributed by atoms with Crippen molar-refractivity contribution >= 4 is 17.8 Å². The van der Waals surface area contributed by atoms with E-state index in [9.17, 15) is 14.4 Å². The van der Waals surface area contributed by atoms with Gasteiger partial charge >= 0.3 is 5.97 Å². The second kappa shape index (κ2) is 4.80. The van der Waals surface area contributed by atoms with Gasteiger partial charge in [0.15, 0.2) is 0 Å². The molecule has 4 unspecified atom stereocenters. The molecule has 1 heterocycles. The number of carbonyl (C=O) groups is 3. The van der Waals surface area contributed by atoms with E-state index >= 15 is 0 Å². The van der Waals surface area contributed by atoms with Crippen LogP contribution in [0.3, 0.4) is 0 Å². The summed E-state index contributed by atoms with van der Waals surface area (Å²) in [5.74, 6) is -0.863. The molecule has 3 aliphatic rings. The number of hydrogen-bond acceptors (Lipinski definition) is 4. The summed E-state index contributed by atoms with van der Waals surface area (Å²) in [5.41, 5.74) is 0. The zero-order valence-electron chi connectivity index (χ0n) is 11.8. The third kappa shape index (κ3) is 1.89. The first-order valence-corrected chi connectivity index (χ1v) is 7.44. The maximum Gasteiger partial charge on any atom is 0.331 e. The van der Waals surface area contributed by atoms with E-state index in [1.54, 1.807) is 24.3 Å². The van der Waals surface area contributed by atoms with E-state index in [0.717, 1.165) is 11.3 Å². The van der Waals surface area contributed by atoms with Gasteiger partial charge < -0.3 is 4.74 Å². The molecule has 1 saturated carbocycles. The molecular weight excluding hydrogens is 282 g/mol. The summed E-state index contributed by atoms with van der Waals surface area (Å²) in [5, 5.41) is 0. The van der Waals surface area contributed by atoms with Gasteiger partial charge in [-0.25, -0.2) is 4.79 Å². The number of nitrogens with zero attached hydrogens (tertiary/aromatic N) is 1. The van der Waals surface area contributed by atoms with Crippen molar-refractivity contribution in [2.45, 2.75) is 6.42 Å². The predicted molar refractivity (Wildman–Crippen MR) is 76.5 cm³/mol. The van der Waals surface area contributed by atoms with Crippen molar-refractivity contribution in [3.63, 3.8) is 0 Å². The van der Waals surface area contributed by atoms with E-state index in [-0.39, 0.29) is 42.0 Å². The molecule has 4 atom stereocenters. The summed E-state index contributed by atoms with van der Waals surface area (Å²) in [4.78, 5) is 37.9. The van der Waals surface area contributed by atoms with Crippen LogP contribution in [0.25, 0.3) is 0 Å². The molecule has 2 aliphatic carbocycles. The van der Waals surface area contributed by atoms with E-state index in [1.807, 2.05) is 18.2 Å². The molecule has 0 N–H and O–H groups in total. The zero-order valence-corrected chi connectivity index (χ0v) is 11.8. The molecule has 2 amide bonds. The Hall–Kier alpha value is -2.43. The van der Waals surface area contributed by atoms with Crippen LogP contribution in [0, 0.1) is 23.7 Å². The minimum atomic E-state index is -0.590. The SMILES string of the molecule is O=C(CN1C(=O)C2C3C=CC(C3)C2C1=O)Oc1ccccc1. The van der Waals surface area contributed by atoms with E-state index < -0.39 is 5.97 Å².